The average molecular weight is 584 g/mol. The van der Waals surface area contributed by atoms with Crippen molar-refractivity contribution < 1.29 is 18.0 Å². The van der Waals surface area contributed by atoms with Crippen LogP contribution in [0.3, 0.4) is 0 Å². The Bertz CT molecular complexity index is 1570. The Morgan fingerprint density at radius 3 is 1.86 bits per heavy atom. The van der Waals surface area contributed by atoms with E-state index < -0.39 is 28.5 Å². The number of hydrogen-bond donors (Lipinski definition) is 1. The minimum atomic E-state index is -4.11. The van der Waals surface area contributed by atoms with Crippen LogP contribution < -0.4 is 9.62 Å². The second-order valence-corrected chi connectivity index (χ2v) is 12.1. The molecule has 0 aliphatic carbocycles. The Labute approximate surface area is 248 Å². The number of nitrogens with zero attached hydrogens (tertiary/aromatic N) is 2. The third-order valence-corrected chi connectivity index (χ3v) is 8.82. The van der Waals surface area contributed by atoms with Gasteiger partial charge in [-0.1, -0.05) is 96.1 Å². The molecule has 0 spiro atoms. The van der Waals surface area contributed by atoms with Gasteiger partial charge < -0.3 is 10.2 Å². The Hall–Kier alpha value is -4.43. The smallest absolute Gasteiger partial charge is 0.264 e. The van der Waals surface area contributed by atoms with Crippen molar-refractivity contribution in [3.05, 3.63) is 131 Å². The molecule has 0 heterocycles. The molecule has 0 aliphatic rings. The van der Waals surface area contributed by atoms with Crippen LogP contribution in [-0.2, 0) is 32.6 Å². The standard InChI is InChI=1S/C34H37N3O4S/c1-4-35-34(39)32(23-28-11-7-5-8-12-28)36(24-29-19-15-26(2)16-20-29)33(38)25-37(30-13-9-6-10-14-30)42(40,41)31-21-17-27(3)18-22-31/h5-22,32H,4,23-25H2,1-3H3,(H,35,39)/t32-/m0/s1. The van der Waals surface area contributed by atoms with Gasteiger partial charge in [0.25, 0.3) is 10.0 Å². The van der Waals surface area contributed by atoms with Crippen LogP contribution in [0.2, 0.25) is 0 Å². The van der Waals surface area contributed by atoms with Gasteiger partial charge in [-0.15, -0.1) is 0 Å². The molecule has 4 rings (SSSR count). The number of hydrogen-bond acceptors (Lipinski definition) is 4. The van der Waals surface area contributed by atoms with Crippen LogP contribution >= 0.6 is 0 Å². The van der Waals surface area contributed by atoms with Crippen molar-refractivity contribution in [2.75, 3.05) is 17.4 Å². The van der Waals surface area contributed by atoms with Gasteiger partial charge in [-0.25, -0.2) is 8.42 Å². The molecule has 218 valence electrons. The van der Waals surface area contributed by atoms with Crippen molar-refractivity contribution in [2.45, 2.75) is 44.7 Å². The first-order valence-electron chi connectivity index (χ1n) is 14.0. The normalized spacial score (nSPS) is 11.9. The number of benzene rings is 4. The first-order valence-corrected chi connectivity index (χ1v) is 15.4. The molecule has 0 saturated heterocycles. The van der Waals surface area contributed by atoms with Crippen LogP contribution in [0.25, 0.3) is 0 Å². The lowest BCUT2D eigenvalue weighted by Gasteiger charge is -2.33. The highest BCUT2D eigenvalue weighted by Gasteiger charge is 2.34. The van der Waals surface area contributed by atoms with E-state index in [1.165, 1.54) is 4.90 Å². The van der Waals surface area contributed by atoms with Gasteiger partial charge in [-0.05, 0) is 56.2 Å². The number of sulfonamides is 1. The maximum atomic E-state index is 14.3. The molecule has 7 nitrogen and oxygen atoms in total. The lowest BCUT2D eigenvalue weighted by molar-refractivity contribution is -0.140. The molecule has 0 radical (unpaired) electrons. The van der Waals surface area contributed by atoms with Gasteiger partial charge in [0.1, 0.15) is 12.6 Å². The summed E-state index contributed by atoms with van der Waals surface area (Å²) in [5, 5.41) is 2.88. The van der Waals surface area contributed by atoms with E-state index in [-0.39, 0.29) is 23.8 Å². The van der Waals surface area contributed by atoms with Crippen LogP contribution in [0.1, 0.15) is 29.2 Å². The molecule has 0 saturated carbocycles. The maximum absolute atomic E-state index is 14.3. The molecule has 4 aromatic carbocycles. The molecule has 0 fully saturated rings. The first kappa shape index (κ1) is 30.5. The van der Waals surface area contributed by atoms with E-state index >= 15 is 0 Å². The monoisotopic (exact) mass is 583 g/mol. The fourth-order valence-corrected chi connectivity index (χ4v) is 6.11. The second kappa shape index (κ2) is 14.0. The number of likely N-dealkylation sites (N-methyl/N-ethyl adjacent to an activating group) is 1. The van der Waals surface area contributed by atoms with Crippen LogP contribution in [0, 0.1) is 13.8 Å². The molecule has 2 amide bonds. The number of aryl methyl sites for hydroxylation is 2. The van der Waals surface area contributed by atoms with Crippen LogP contribution in [0.15, 0.2) is 114 Å². The fraction of sp³-hybridized carbons (Fsp3) is 0.235. The van der Waals surface area contributed by atoms with E-state index in [9.17, 15) is 18.0 Å². The minimum absolute atomic E-state index is 0.0828. The lowest BCUT2D eigenvalue weighted by atomic mass is 10.0. The molecular weight excluding hydrogens is 546 g/mol. The van der Waals surface area contributed by atoms with Crippen LogP contribution in [-0.4, -0.2) is 44.3 Å². The zero-order chi connectivity index (χ0) is 30.1. The zero-order valence-corrected chi connectivity index (χ0v) is 25.1. The largest absolute Gasteiger partial charge is 0.355 e. The first-order chi connectivity index (χ1) is 20.2. The Morgan fingerprint density at radius 2 is 1.29 bits per heavy atom. The highest BCUT2D eigenvalue weighted by molar-refractivity contribution is 7.92. The summed E-state index contributed by atoms with van der Waals surface area (Å²) in [5.41, 5.74) is 4.08. The van der Waals surface area contributed by atoms with E-state index in [0.29, 0.717) is 12.2 Å². The van der Waals surface area contributed by atoms with Gasteiger partial charge in [0, 0.05) is 19.5 Å². The van der Waals surface area contributed by atoms with Crippen LogP contribution in [0.4, 0.5) is 5.69 Å². The Balaban J connectivity index is 1.77. The summed E-state index contributed by atoms with van der Waals surface area (Å²) in [4.78, 5) is 29.4. The van der Waals surface area contributed by atoms with Gasteiger partial charge in [-0.2, -0.15) is 0 Å². The quantitative estimate of drug-likeness (QED) is 0.246. The van der Waals surface area contributed by atoms with Gasteiger partial charge in [0.05, 0.1) is 10.6 Å². The maximum Gasteiger partial charge on any atom is 0.264 e. The summed E-state index contributed by atoms with van der Waals surface area (Å²) in [6, 6.07) is 31.5. The Morgan fingerprint density at radius 1 is 0.738 bits per heavy atom. The van der Waals surface area contributed by atoms with Gasteiger partial charge in [-0.3, -0.25) is 13.9 Å². The minimum Gasteiger partial charge on any atom is -0.355 e. The molecular formula is C34H37N3O4S. The SMILES string of the molecule is CCNC(=O)[C@H](Cc1ccccc1)N(Cc1ccc(C)cc1)C(=O)CN(c1ccccc1)S(=O)(=O)c1ccc(C)cc1. The molecule has 42 heavy (non-hydrogen) atoms. The number of anilines is 1. The van der Waals surface area contributed by atoms with E-state index in [2.05, 4.69) is 5.32 Å². The second-order valence-electron chi connectivity index (χ2n) is 10.3. The summed E-state index contributed by atoms with van der Waals surface area (Å²) < 4.78 is 29.1. The van der Waals surface area contributed by atoms with Crippen molar-refractivity contribution in [2.24, 2.45) is 0 Å². The average Bonchev–Trinajstić information content (AvgIpc) is 2.99. The van der Waals surface area contributed by atoms with Crippen molar-refractivity contribution in [3.63, 3.8) is 0 Å². The number of para-hydroxylation sites is 1. The summed E-state index contributed by atoms with van der Waals surface area (Å²) in [7, 11) is -4.11. The molecule has 0 unspecified atom stereocenters. The molecule has 1 atom stereocenters. The third kappa shape index (κ3) is 7.64. The topological polar surface area (TPSA) is 86.8 Å². The molecule has 1 N–H and O–H groups in total. The summed E-state index contributed by atoms with van der Waals surface area (Å²) in [6.45, 7) is 5.75. The molecule has 8 heteroatoms. The van der Waals surface area contributed by atoms with Gasteiger partial charge in [0.2, 0.25) is 11.8 Å². The van der Waals surface area contributed by atoms with Gasteiger partial charge in [0.15, 0.2) is 0 Å². The van der Waals surface area contributed by atoms with E-state index in [4.69, 9.17) is 0 Å². The van der Waals surface area contributed by atoms with Crippen molar-refractivity contribution in [1.29, 1.82) is 0 Å². The lowest BCUT2D eigenvalue weighted by Crippen LogP contribution is -2.53. The number of amides is 2. The van der Waals surface area contributed by atoms with Crippen LogP contribution in [0.5, 0.6) is 0 Å². The highest BCUT2D eigenvalue weighted by atomic mass is 32.2. The number of carbonyl (C=O) groups is 2. The zero-order valence-electron chi connectivity index (χ0n) is 24.2. The highest BCUT2D eigenvalue weighted by Crippen LogP contribution is 2.25. The van der Waals surface area contributed by atoms with Crippen molar-refractivity contribution >= 4 is 27.5 Å². The molecule has 0 aromatic heterocycles. The molecule has 0 aliphatic heterocycles. The van der Waals surface area contributed by atoms with Crippen molar-refractivity contribution in [3.8, 4) is 0 Å². The summed E-state index contributed by atoms with van der Waals surface area (Å²) in [5.74, 6) is -0.781. The predicted octanol–water partition coefficient (Wildman–Crippen LogP) is 5.27. The van der Waals surface area contributed by atoms with E-state index in [0.717, 1.165) is 26.6 Å². The van der Waals surface area contributed by atoms with Gasteiger partial charge >= 0.3 is 0 Å². The number of rotatable bonds is 12. The molecule has 0 bridgehead atoms. The third-order valence-electron chi connectivity index (χ3n) is 7.03. The van der Waals surface area contributed by atoms with Crippen molar-refractivity contribution in [1.82, 2.24) is 10.2 Å². The summed E-state index contributed by atoms with van der Waals surface area (Å²) >= 11 is 0. The summed E-state index contributed by atoms with van der Waals surface area (Å²) in [6.07, 6.45) is 0.278. The van der Waals surface area contributed by atoms with E-state index in [1.807, 2.05) is 75.4 Å². The Kier molecular flexibility index (Phi) is 10.1. The number of carbonyl (C=O) groups excluding carboxylic acids is 2. The predicted molar refractivity (Wildman–Crippen MR) is 166 cm³/mol. The molecule has 4 aromatic rings. The fourth-order valence-electron chi connectivity index (χ4n) is 4.70. The number of nitrogens with one attached hydrogen (secondary N) is 1. The van der Waals surface area contributed by atoms with E-state index in [1.54, 1.807) is 54.6 Å².